The molecule has 0 saturated carbocycles. The molecule has 102 valence electrons. The van der Waals surface area contributed by atoms with Gasteiger partial charge in [-0.3, -0.25) is 9.78 Å². The van der Waals surface area contributed by atoms with Crippen LogP contribution in [0.1, 0.15) is 24.1 Å². The van der Waals surface area contributed by atoms with Crippen molar-refractivity contribution in [3.63, 3.8) is 0 Å². The zero-order valence-electron chi connectivity index (χ0n) is 11.1. The highest BCUT2D eigenvalue weighted by Crippen LogP contribution is 2.28. The second-order valence-electron chi connectivity index (χ2n) is 4.93. The van der Waals surface area contributed by atoms with Crippen LogP contribution in [0.4, 0.5) is 5.69 Å². The summed E-state index contributed by atoms with van der Waals surface area (Å²) in [6.45, 7) is 0.531. The van der Waals surface area contributed by atoms with Gasteiger partial charge in [0.05, 0.1) is 12.2 Å². The van der Waals surface area contributed by atoms with Gasteiger partial charge in [-0.2, -0.15) is 0 Å². The Morgan fingerprint density at radius 2 is 2.00 bits per heavy atom. The molecule has 0 bridgehead atoms. The lowest BCUT2D eigenvalue weighted by atomic mass is 10.1. The molecule has 3 nitrogen and oxygen atoms in total. The summed E-state index contributed by atoms with van der Waals surface area (Å²) in [5, 5.41) is 0. The Balaban J connectivity index is 1.94. The Hall–Kier alpha value is -1.68. The zero-order chi connectivity index (χ0) is 13.9. The van der Waals surface area contributed by atoms with Gasteiger partial charge in [-0.25, -0.2) is 0 Å². The normalized spacial score (nSPS) is 14.8. The molecule has 0 unspecified atom stereocenters. The van der Waals surface area contributed by atoms with Crippen molar-refractivity contribution < 1.29 is 4.79 Å². The van der Waals surface area contributed by atoms with Gasteiger partial charge < -0.3 is 4.90 Å². The van der Waals surface area contributed by atoms with Gasteiger partial charge in [-0.15, -0.1) is 0 Å². The number of nitrogens with zero attached hydrogens (tertiary/aromatic N) is 2. The van der Waals surface area contributed by atoms with Gasteiger partial charge in [0.15, 0.2) is 0 Å². The highest BCUT2D eigenvalue weighted by atomic mass is 79.9. The summed E-state index contributed by atoms with van der Waals surface area (Å²) in [5.41, 5.74) is 3.17. The van der Waals surface area contributed by atoms with Gasteiger partial charge in [-0.1, -0.05) is 18.2 Å². The van der Waals surface area contributed by atoms with E-state index in [1.807, 2.05) is 35.2 Å². The number of aryl methyl sites for hydroxylation is 1. The SMILES string of the molecule is O=C1CCCc2ccccc2N1Cc1ccc(Br)cn1. The first-order valence-corrected chi connectivity index (χ1v) is 7.52. The number of hydrogen-bond donors (Lipinski definition) is 0. The summed E-state index contributed by atoms with van der Waals surface area (Å²) in [5.74, 6) is 0.180. The number of halogens is 1. The smallest absolute Gasteiger partial charge is 0.227 e. The van der Waals surface area contributed by atoms with E-state index in [9.17, 15) is 4.79 Å². The average molecular weight is 331 g/mol. The predicted molar refractivity (Wildman–Crippen MR) is 82.5 cm³/mol. The van der Waals surface area contributed by atoms with Crippen LogP contribution in [-0.4, -0.2) is 10.9 Å². The third-order valence-corrected chi connectivity index (χ3v) is 4.00. The lowest BCUT2D eigenvalue weighted by molar-refractivity contribution is -0.118. The van der Waals surface area contributed by atoms with Crippen molar-refractivity contribution in [2.75, 3.05) is 4.90 Å². The van der Waals surface area contributed by atoms with E-state index in [4.69, 9.17) is 0 Å². The molecule has 1 aliphatic rings. The number of amides is 1. The van der Waals surface area contributed by atoms with Crippen LogP contribution in [0.15, 0.2) is 47.1 Å². The molecule has 1 aliphatic heterocycles. The van der Waals surface area contributed by atoms with Crippen molar-refractivity contribution >= 4 is 27.5 Å². The summed E-state index contributed by atoms with van der Waals surface area (Å²) >= 11 is 3.38. The van der Waals surface area contributed by atoms with E-state index in [1.54, 1.807) is 6.20 Å². The quantitative estimate of drug-likeness (QED) is 0.840. The summed E-state index contributed by atoms with van der Waals surface area (Å²) in [4.78, 5) is 18.6. The highest BCUT2D eigenvalue weighted by Gasteiger charge is 2.22. The fourth-order valence-electron chi connectivity index (χ4n) is 2.52. The number of hydrogen-bond acceptors (Lipinski definition) is 2. The first kappa shape index (κ1) is 13.3. The number of carbonyl (C=O) groups excluding carboxylic acids is 1. The Labute approximate surface area is 126 Å². The summed E-state index contributed by atoms with van der Waals surface area (Å²) in [7, 11) is 0. The van der Waals surface area contributed by atoms with E-state index in [1.165, 1.54) is 5.56 Å². The van der Waals surface area contributed by atoms with Gasteiger partial charge in [-0.05, 0) is 52.5 Å². The molecule has 20 heavy (non-hydrogen) atoms. The second-order valence-corrected chi connectivity index (χ2v) is 5.85. The van der Waals surface area contributed by atoms with Crippen LogP contribution in [0.5, 0.6) is 0 Å². The van der Waals surface area contributed by atoms with Gasteiger partial charge in [0.1, 0.15) is 0 Å². The Bertz CT molecular complexity index is 625. The number of pyridine rings is 1. The molecule has 0 aliphatic carbocycles. The van der Waals surface area contributed by atoms with Crippen LogP contribution in [0.25, 0.3) is 0 Å². The molecule has 3 rings (SSSR count). The van der Waals surface area contributed by atoms with E-state index < -0.39 is 0 Å². The number of fused-ring (bicyclic) bond motifs is 1. The van der Waals surface area contributed by atoms with Crippen LogP contribution in [0.3, 0.4) is 0 Å². The van der Waals surface area contributed by atoms with Crippen molar-refractivity contribution in [2.24, 2.45) is 0 Å². The zero-order valence-corrected chi connectivity index (χ0v) is 12.6. The third-order valence-electron chi connectivity index (χ3n) is 3.53. The van der Waals surface area contributed by atoms with Crippen molar-refractivity contribution in [3.05, 3.63) is 58.3 Å². The molecule has 0 spiro atoms. The van der Waals surface area contributed by atoms with Crippen LogP contribution < -0.4 is 4.90 Å². The van der Waals surface area contributed by atoms with Crippen molar-refractivity contribution in [3.8, 4) is 0 Å². The van der Waals surface area contributed by atoms with E-state index >= 15 is 0 Å². The molecule has 0 N–H and O–H groups in total. The summed E-state index contributed by atoms with van der Waals surface area (Å²) in [6, 6.07) is 12.1. The molecule has 0 radical (unpaired) electrons. The molecule has 0 saturated heterocycles. The Morgan fingerprint density at radius 1 is 1.15 bits per heavy atom. The fraction of sp³-hybridized carbons (Fsp3) is 0.250. The second kappa shape index (κ2) is 5.75. The van der Waals surface area contributed by atoms with Gasteiger partial charge in [0.2, 0.25) is 5.91 Å². The molecule has 0 fully saturated rings. The number of rotatable bonds is 2. The number of anilines is 1. The van der Waals surface area contributed by atoms with Crippen LogP contribution in [0.2, 0.25) is 0 Å². The Kier molecular flexibility index (Phi) is 3.83. The summed E-state index contributed by atoms with van der Waals surface area (Å²) in [6.07, 6.45) is 4.25. The number of aromatic nitrogens is 1. The van der Waals surface area contributed by atoms with Gasteiger partial charge in [0.25, 0.3) is 0 Å². The van der Waals surface area contributed by atoms with Gasteiger partial charge in [0, 0.05) is 22.8 Å². The van der Waals surface area contributed by atoms with E-state index in [-0.39, 0.29) is 5.91 Å². The lowest BCUT2D eigenvalue weighted by Crippen LogP contribution is -2.29. The molecular weight excluding hydrogens is 316 g/mol. The molecular formula is C16H15BrN2O. The first-order chi connectivity index (χ1) is 9.74. The molecule has 1 aromatic carbocycles. The maximum atomic E-state index is 12.3. The predicted octanol–water partition coefficient (Wildman–Crippen LogP) is 3.71. The largest absolute Gasteiger partial charge is 0.306 e. The average Bonchev–Trinajstić information content (AvgIpc) is 2.62. The maximum absolute atomic E-state index is 12.3. The molecule has 2 aromatic rings. The Morgan fingerprint density at radius 3 is 2.80 bits per heavy atom. The van der Waals surface area contributed by atoms with Crippen LogP contribution >= 0.6 is 15.9 Å². The van der Waals surface area contributed by atoms with Crippen molar-refractivity contribution in [1.82, 2.24) is 4.98 Å². The minimum atomic E-state index is 0.180. The van der Waals surface area contributed by atoms with Crippen molar-refractivity contribution in [2.45, 2.75) is 25.8 Å². The lowest BCUT2D eigenvalue weighted by Gasteiger charge is -2.22. The van der Waals surface area contributed by atoms with Crippen LogP contribution in [-0.2, 0) is 17.8 Å². The molecule has 2 heterocycles. The number of carbonyl (C=O) groups is 1. The summed E-state index contributed by atoms with van der Waals surface area (Å²) < 4.78 is 0.948. The maximum Gasteiger partial charge on any atom is 0.227 e. The van der Waals surface area contributed by atoms with E-state index in [0.717, 1.165) is 28.7 Å². The molecule has 1 aromatic heterocycles. The van der Waals surface area contributed by atoms with E-state index in [0.29, 0.717) is 13.0 Å². The first-order valence-electron chi connectivity index (χ1n) is 6.73. The number of para-hydroxylation sites is 1. The topological polar surface area (TPSA) is 33.2 Å². The highest BCUT2D eigenvalue weighted by molar-refractivity contribution is 9.10. The van der Waals surface area contributed by atoms with Crippen molar-refractivity contribution in [1.29, 1.82) is 0 Å². The van der Waals surface area contributed by atoms with Crippen LogP contribution in [0, 0.1) is 0 Å². The minimum Gasteiger partial charge on any atom is -0.306 e. The fourth-order valence-corrected chi connectivity index (χ4v) is 2.75. The minimum absolute atomic E-state index is 0.180. The standard InChI is InChI=1S/C16H15BrN2O/c17-13-8-9-14(18-10-13)11-19-15-6-2-1-4-12(15)5-3-7-16(19)20/h1-2,4,6,8-10H,3,5,7,11H2. The molecule has 0 atom stereocenters. The van der Waals surface area contributed by atoms with E-state index in [2.05, 4.69) is 27.0 Å². The monoisotopic (exact) mass is 330 g/mol. The molecule has 4 heteroatoms. The number of benzene rings is 1. The molecule has 1 amide bonds. The van der Waals surface area contributed by atoms with Gasteiger partial charge >= 0.3 is 0 Å². The third kappa shape index (κ3) is 2.75.